The Morgan fingerprint density at radius 1 is 1.57 bits per heavy atom. The molecule has 1 aliphatic heterocycles. The van der Waals surface area contributed by atoms with Gasteiger partial charge in [-0.1, -0.05) is 0 Å². The van der Waals surface area contributed by atoms with Gasteiger partial charge in [-0.2, -0.15) is 4.98 Å². The topological polar surface area (TPSA) is 160 Å². The number of ether oxygens (including phenoxy) is 1. The van der Waals surface area contributed by atoms with Crippen molar-refractivity contribution in [2.45, 2.75) is 31.0 Å². The van der Waals surface area contributed by atoms with Crippen LogP contribution in [-0.4, -0.2) is 59.3 Å². The Balaban J connectivity index is 2.12. The van der Waals surface area contributed by atoms with E-state index in [0.717, 1.165) is 0 Å². The van der Waals surface area contributed by atoms with Crippen molar-refractivity contribution in [1.29, 1.82) is 0 Å². The largest absolute Gasteiger partial charge is 0.393 e. The molecule has 0 aliphatic carbocycles. The first-order valence-corrected chi connectivity index (χ1v) is 6.24. The zero-order chi connectivity index (χ0) is 15.4. The van der Waals surface area contributed by atoms with Crippen LogP contribution in [0.5, 0.6) is 0 Å². The molecule has 0 amide bonds. The van der Waals surface area contributed by atoms with E-state index in [4.69, 9.17) is 10.5 Å². The Labute approximate surface area is 117 Å². The highest BCUT2D eigenvalue weighted by atomic mass is 16.6. The summed E-state index contributed by atoms with van der Waals surface area (Å²) in [6, 6.07) is 0. The molecule has 2 unspecified atom stereocenters. The minimum Gasteiger partial charge on any atom is -0.393 e. The van der Waals surface area contributed by atoms with Crippen molar-refractivity contribution in [3.63, 3.8) is 0 Å². The van der Waals surface area contributed by atoms with E-state index in [1.54, 1.807) is 0 Å². The average molecular weight is 297 g/mol. The van der Waals surface area contributed by atoms with Crippen molar-refractivity contribution in [2.24, 2.45) is 0 Å². The summed E-state index contributed by atoms with van der Waals surface area (Å²) in [5, 5.41) is 29.4. The van der Waals surface area contributed by atoms with Crippen molar-refractivity contribution in [2.75, 3.05) is 12.3 Å². The van der Waals surface area contributed by atoms with Gasteiger partial charge in [0.15, 0.2) is 17.4 Å². The van der Waals surface area contributed by atoms with E-state index in [9.17, 15) is 20.1 Å². The number of imidazole rings is 1. The molecule has 1 saturated heterocycles. The van der Waals surface area contributed by atoms with E-state index >= 15 is 0 Å². The van der Waals surface area contributed by atoms with E-state index in [1.807, 2.05) is 0 Å². The number of aliphatic hydroxyl groups is 3. The van der Waals surface area contributed by atoms with Gasteiger partial charge in [-0.15, -0.1) is 0 Å². The van der Waals surface area contributed by atoms with E-state index < -0.39 is 36.2 Å². The van der Waals surface area contributed by atoms with Gasteiger partial charge in [-0.3, -0.25) is 14.3 Å². The number of nitrogens with zero attached hydrogens (tertiary/aromatic N) is 3. The maximum Gasteiger partial charge on any atom is 0.280 e. The molecule has 1 fully saturated rings. The number of nitrogen functional groups attached to an aromatic ring is 1. The molecular weight excluding hydrogens is 282 g/mol. The number of hydrogen-bond acceptors (Lipinski definition) is 8. The molecule has 10 heteroatoms. The smallest absolute Gasteiger partial charge is 0.280 e. The average Bonchev–Trinajstić information content (AvgIpc) is 2.95. The Kier molecular flexibility index (Phi) is 2.99. The van der Waals surface area contributed by atoms with Gasteiger partial charge in [0.1, 0.15) is 17.8 Å². The van der Waals surface area contributed by atoms with Crippen LogP contribution >= 0.6 is 0 Å². The van der Waals surface area contributed by atoms with Crippen LogP contribution < -0.4 is 11.3 Å². The molecule has 3 heterocycles. The fraction of sp³-hybridized carbons (Fsp3) is 0.545. The van der Waals surface area contributed by atoms with Gasteiger partial charge in [0.05, 0.1) is 12.9 Å². The number of rotatable bonds is 2. The van der Waals surface area contributed by atoms with Gasteiger partial charge in [-0.05, 0) is 6.92 Å². The van der Waals surface area contributed by atoms with E-state index in [2.05, 4.69) is 15.0 Å². The zero-order valence-corrected chi connectivity index (χ0v) is 11.1. The molecule has 0 bridgehead atoms. The highest BCUT2D eigenvalue weighted by Gasteiger charge is 2.52. The zero-order valence-electron chi connectivity index (χ0n) is 11.1. The molecule has 0 spiro atoms. The Hall–Kier alpha value is -2.01. The number of aliphatic hydroxyl groups excluding tert-OH is 3. The molecule has 4 atom stereocenters. The first kappa shape index (κ1) is 13.9. The summed E-state index contributed by atoms with van der Waals surface area (Å²) in [6.45, 7) is 0.985. The molecule has 6 N–H and O–H groups in total. The van der Waals surface area contributed by atoms with E-state index in [-0.39, 0.29) is 17.1 Å². The predicted octanol–water partition coefficient (Wildman–Crippen LogP) is -2.30. The SMILES string of the molecule is C[C@]1(CO)O[C@@H](n2cnc3c(=O)[nH]c(N)nc32)C(O)C1O. The summed E-state index contributed by atoms with van der Waals surface area (Å²) in [4.78, 5) is 21.9. The summed E-state index contributed by atoms with van der Waals surface area (Å²) in [5.74, 6) is -0.104. The quantitative estimate of drug-likeness (QED) is 0.414. The monoisotopic (exact) mass is 297 g/mol. The van der Waals surface area contributed by atoms with Gasteiger partial charge in [0.25, 0.3) is 5.56 Å². The molecule has 0 radical (unpaired) electrons. The highest BCUT2D eigenvalue weighted by molar-refractivity contribution is 5.70. The molecule has 10 nitrogen and oxygen atoms in total. The molecule has 1 aliphatic rings. The van der Waals surface area contributed by atoms with E-state index in [0.29, 0.717) is 0 Å². The number of anilines is 1. The number of aromatic amines is 1. The Morgan fingerprint density at radius 3 is 2.90 bits per heavy atom. The predicted molar refractivity (Wildman–Crippen MR) is 70.2 cm³/mol. The second-order valence-corrected chi connectivity index (χ2v) is 5.19. The molecule has 21 heavy (non-hydrogen) atoms. The lowest BCUT2D eigenvalue weighted by molar-refractivity contribution is -0.115. The summed E-state index contributed by atoms with van der Waals surface area (Å²) < 4.78 is 6.84. The molecular formula is C11H15N5O5. The van der Waals surface area contributed by atoms with Gasteiger partial charge in [-0.25, -0.2) is 4.98 Å². The van der Waals surface area contributed by atoms with Crippen LogP contribution in [0.15, 0.2) is 11.1 Å². The number of hydrogen-bond donors (Lipinski definition) is 5. The summed E-state index contributed by atoms with van der Waals surface area (Å²) in [5.41, 5.74) is 3.80. The molecule has 0 aromatic carbocycles. The fourth-order valence-electron chi connectivity index (χ4n) is 2.41. The molecule has 114 valence electrons. The van der Waals surface area contributed by atoms with Crippen LogP contribution in [0.25, 0.3) is 11.2 Å². The summed E-state index contributed by atoms with van der Waals surface area (Å²) in [7, 11) is 0. The normalized spacial score (nSPS) is 32.9. The van der Waals surface area contributed by atoms with Crippen LogP contribution in [0.4, 0.5) is 5.95 Å². The van der Waals surface area contributed by atoms with E-state index in [1.165, 1.54) is 17.8 Å². The third-order valence-corrected chi connectivity index (χ3v) is 3.67. The first-order valence-electron chi connectivity index (χ1n) is 6.24. The number of nitrogens with two attached hydrogens (primary N) is 1. The van der Waals surface area contributed by atoms with Crippen LogP contribution in [-0.2, 0) is 4.74 Å². The molecule has 0 saturated carbocycles. The number of fused-ring (bicyclic) bond motifs is 1. The van der Waals surface area contributed by atoms with Crippen LogP contribution in [0.1, 0.15) is 13.2 Å². The van der Waals surface area contributed by atoms with Crippen LogP contribution in [0.2, 0.25) is 0 Å². The first-order chi connectivity index (χ1) is 9.87. The minimum atomic E-state index is -1.33. The third kappa shape index (κ3) is 1.92. The maximum atomic E-state index is 11.7. The minimum absolute atomic E-state index is 0.0343. The standard InChI is InChI=1S/C11H15N5O5/c1-11(2-17)6(19)5(18)9(21-11)16-3-13-4-7(16)14-10(12)15-8(4)20/h3,5-6,9,17-19H,2H2,1H3,(H3,12,14,15,20)/t5?,6?,9-,11-/m1/s1. The highest BCUT2D eigenvalue weighted by Crippen LogP contribution is 2.37. The maximum absolute atomic E-state index is 11.7. The van der Waals surface area contributed by atoms with Crippen molar-refractivity contribution in [3.8, 4) is 0 Å². The number of H-pyrrole nitrogens is 1. The van der Waals surface area contributed by atoms with Crippen LogP contribution in [0.3, 0.4) is 0 Å². The van der Waals surface area contributed by atoms with Gasteiger partial charge < -0.3 is 25.8 Å². The number of nitrogens with one attached hydrogen (secondary N) is 1. The van der Waals surface area contributed by atoms with Gasteiger partial charge >= 0.3 is 0 Å². The second kappa shape index (κ2) is 4.49. The lowest BCUT2D eigenvalue weighted by Gasteiger charge is -2.24. The summed E-state index contributed by atoms with van der Waals surface area (Å²) >= 11 is 0. The van der Waals surface area contributed by atoms with Crippen molar-refractivity contribution < 1.29 is 20.1 Å². The lowest BCUT2D eigenvalue weighted by atomic mass is 9.99. The van der Waals surface area contributed by atoms with Crippen molar-refractivity contribution >= 4 is 17.1 Å². The fourth-order valence-corrected chi connectivity index (χ4v) is 2.41. The Morgan fingerprint density at radius 2 is 2.29 bits per heavy atom. The molecule has 2 aromatic heterocycles. The molecule has 3 rings (SSSR count). The Bertz CT molecular complexity index is 742. The van der Waals surface area contributed by atoms with Gasteiger partial charge in [0.2, 0.25) is 5.95 Å². The third-order valence-electron chi connectivity index (χ3n) is 3.67. The van der Waals surface area contributed by atoms with Crippen molar-refractivity contribution in [3.05, 3.63) is 16.7 Å². The number of aromatic nitrogens is 4. The van der Waals surface area contributed by atoms with Gasteiger partial charge in [0, 0.05) is 0 Å². The second-order valence-electron chi connectivity index (χ2n) is 5.19. The summed E-state index contributed by atoms with van der Waals surface area (Å²) in [6.07, 6.45) is -2.40. The molecule has 2 aromatic rings. The van der Waals surface area contributed by atoms with Crippen LogP contribution in [0, 0.1) is 0 Å². The van der Waals surface area contributed by atoms with Crippen molar-refractivity contribution in [1.82, 2.24) is 19.5 Å². The lowest BCUT2D eigenvalue weighted by Crippen LogP contribution is -2.43.